The molecule has 0 aliphatic rings. The minimum atomic E-state index is -4.34. The Kier molecular flexibility index (Phi) is 94.8. The smallest absolute Gasteiger partial charge is 4.00 e. The Hall–Kier alpha value is 4.26. The summed E-state index contributed by atoms with van der Waals surface area (Å²) in [5.41, 5.74) is 0. The minimum Gasteiger partial charge on any atom is 4.00 e. The molecule has 26 heavy (non-hydrogen) atoms. The van der Waals surface area contributed by atoms with Crippen LogP contribution in [-0.2, 0) is 178 Å². The molecule has 0 saturated carbocycles. The maximum atomic E-state index is 8.62. The molecular formula is BaO18Ta6Zr. The van der Waals surface area contributed by atoms with Crippen LogP contribution < -0.4 is 21.7 Å². The number of hydrogen-bond donors (Lipinski definition) is 0. The third-order valence-corrected chi connectivity index (χ3v) is 0. The summed E-state index contributed by atoms with van der Waals surface area (Å²) in [6, 6.07) is 0. The van der Waals surface area contributed by atoms with Crippen molar-refractivity contribution in [3.8, 4) is 0 Å². The summed E-state index contributed by atoms with van der Waals surface area (Å²) in [5, 5.41) is 0. The molecule has 26 heteroatoms. The van der Waals surface area contributed by atoms with Crippen LogP contribution in [0.4, 0.5) is 0 Å². The van der Waals surface area contributed by atoms with Gasteiger partial charge >= 0.3 is 248 Å². The summed E-state index contributed by atoms with van der Waals surface area (Å²) in [6.07, 6.45) is 0. The van der Waals surface area contributed by atoms with Crippen molar-refractivity contribution < 1.29 is 200 Å². The molecule has 0 spiro atoms. The van der Waals surface area contributed by atoms with Gasteiger partial charge in [-0.3, -0.25) is 0 Å². The van der Waals surface area contributed by atoms with E-state index in [9.17, 15) is 0 Å². The molecule has 0 radical (unpaired) electrons. The van der Waals surface area contributed by atoms with Crippen LogP contribution in [0, 0.1) is 0 Å². The van der Waals surface area contributed by atoms with Gasteiger partial charge in [0, 0.05) is 0 Å². The standard InChI is InChI=1S/Ba.18O.6Ta.Zr/q+2;;;;;;;;;;;;;6*-1;;;;;;;+4. The number of rotatable bonds is 0. The summed E-state index contributed by atoms with van der Waals surface area (Å²) in [6.45, 7) is 0. The quantitative estimate of drug-likeness (QED) is 0.203. The Bertz CT molecular complexity index is 477. The molecule has 0 amide bonds. The average molecular weight is 1600 g/mol. The maximum Gasteiger partial charge on any atom is 4.00 e. The van der Waals surface area contributed by atoms with E-state index < -0.39 is 113 Å². The molecule has 0 fully saturated rings. The van der Waals surface area contributed by atoms with Gasteiger partial charge in [-0.15, -0.1) is 0 Å². The fourth-order valence-corrected chi connectivity index (χ4v) is 0. The largest absolute Gasteiger partial charge is 4.00 e. The molecule has 0 rings (SSSR count). The van der Waals surface area contributed by atoms with Gasteiger partial charge in [0.25, 0.3) is 0 Å². The zero-order chi connectivity index (χ0) is 21.5. The van der Waals surface area contributed by atoms with Crippen LogP contribution >= 0.6 is 0 Å². The van der Waals surface area contributed by atoms with Gasteiger partial charge in [-0.2, -0.15) is 0 Å². The summed E-state index contributed by atoms with van der Waals surface area (Å²) in [4.78, 5) is 0. The fraction of sp³-hybridized carbons (Fsp3) is 0. The van der Waals surface area contributed by atoms with Crippen LogP contribution in [-0.4, -0.2) is 48.9 Å². The second kappa shape index (κ2) is 47.2. The molecule has 0 heterocycles. The molecule has 0 bridgehead atoms. The van der Waals surface area contributed by atoms with Crippen molar-refractivity contribution in [2.45, 2.75) is 0 Å². The molecule has 0 aliphatic carbocycles. The normalized spacial score (nSPS) is 5.77. The van der Waals surface area contributed by atoms with Crippen LogP contribution in [0.2, 0.25) is 0 Å². The van der Waals surface area contributed by atoms with Crippen molar-refractivity contribution in [2.24, 2.45) is 0 Å². The minimum absolute atomic E-state index is 0. The molecule has 0 saturated heterocycles. The zero-order valence-corrected chi connectivity index (χ0v) is 37.4. The molecule has 18 nitrogen and oxygen atoms in total. The van der Waals surface area contributed by atoms with Crippen molar-refractivity contribution in [1.82, 2.24) is 0 Å². The average Bonchev–Trinajstić information content (AvgIpc) is 2.08. The van der Waals surface area contributed by atoms with Crippen LogP contribution in [0.5, 0.6) is 0 Å². The van der Waals surface area contributed by atoms with Gasteiger partial charge in [0.05, 0.1) is 0 Å². The topological polar surface area (TPSA) is 343 Å². The van der Waals surface area contributed by atoms with Crippen molar-refractivity contribution >= 4 is 48.9 Å². The van der Waals surface area contributed by atoms with Crippen LogP contribution in [0.1, 0.15) is 0 Å². The summed E-state index contributed by atoms with van der Waals surface area (Å²) in [7, 11) is 0. The number of hydrogen-bond acceptors (Lipinski definition) is 18. The molecule has 0 aliphatic heterocycles. The van der Waals surface area contributed by atoms with E-state index in [0.29, 0.717) is 0 Å². The van der Waals surface area contributed by atoms with E-state index in [-0.39, 0.29) is 75.1 Å². The van der Waals surface area contributed by atoms with Crippen LogP contribution in [0.25, 0.3) is 0 Å². The van der Waals surface area contributed by atoms with Gasteiger partial charge in [0.15, 0.2) is 0 Å². The molecule has 0 unspecified atom stereocenters. The Morgan fingerprint density at radius 1 is 0.308 bits per heavy atom. The Labute approximate surface area is 242 Å². The molecule has 144 valence electrons. The summed E-state index contributed by atoms with van der Waals surface area (Å²) >= 11 is -26.1. The fourth-order valence-electron chi connectivity index (χ4n) is 0. The first-order valence-corrected chi connectivity index (χ1v) is 26.9. The molecule has 0 aromatic heterocycles. The molecular weight excluding hydrogens is 1600 g/mol. The zero-order valence-electron chi connectivity index (χ0n) is 11.2. The van der Waals surface area contributed by atoms with Crippen molar-refractivity contribution in [2.75, 3.05) is 0 Å². The second-order valence-electron chi connectivity index (χ2n) is 1.34. The predicted molar refractivity (Wildman–Crippen MR) is 14.0 cm³/mol. The van der Waals surface area contributed by atoms with E-state index in [1.807, 2.05) is 0 Å². The third-order valence-electron chi connectivity index (χ3n) is 0. The van der Waals surface area contributed by atoms with Gasteiger partial charge in [-0.1, -0.05) is 0 Å². The van der Waals surface area contributed by atoms with E-state index in [2.05, 4.69) is 0 Å². The molecule has 0 aromatic rings. The molecule has 0 atom stereocenters. The van der Waals surface area contributed by atoms with Gasteiger partial charge in [-0.05, 0) is 0 Å². The summed E-state index contributed by atoms with van der Waals surface area (Å²) in [5.74, 6) is 0. The van der Waals surface area contributed by atoms with Gasteiger partial charge in [0.1, 0.15) is 0 Å². The van der Waals surface area contributed by atoms with Crippen molar-refractivity contribution in [1.29, 1.82) is 0 Å². The van der Waals surface area contributed by atoms with Crippen LogP contribution in [0.3, 0.4) is 0 Å². The van der Waals surface area contributed by atoms with E-state index in [0.717, 1.165) is 0 Å². The van der Waals surface area contributed by atoms with E-state index in [4.69, 9.17) is 60.7 Å². The monoisotopic (exact) mass is 1600 g/mol. The first-order valence-electron chi connectivity index (χ1n) is 3.29. The van der Waals surface area contributed by atoms with E-state index >= 15 is 0 Å². The Balaban J connectivity index is -0.0000000245. The Morgan fingerprint density at radius 2 is 0.308 bits per heavy atom. The van der Waals surface area contributed by atoms with Crippen molar-refractivity contribution in [3.63, 3.8) is 0 Å². The summed E-state index contributed by atoms with van der Waals surface area (Å²) < 4.78 is 155. The second-order valence-corrected chi connectivity index (χ2v) is 11.0. The van der Waals surface area contributed by atoms with Crippen LogP contribution in [0.15, 0.2) is 0 Å². The van der Waals surface area contributed by atoms with E-state index in [1.165, 1.54) is 0 Å². The van der Waals surface area contributed by atoms with Crippen molar-refractivity contribution in [3.05, 3.63) is 0 Å². The first-order chi connectivity index (χ1) is 10.4. The van der Waals surface area contributed by atoms with Gasteiger partial charge in [0.2, 0.25) is 0 Å². The predicted octanol–water partition coefficient (Wildman–Crippen LogP) is -8.96. The molecule has 0 N–H and O–H groups in total. The Morgan fingerprint density at radius 3 is 0.308 bits per heavy atom. The first kappa shape index (κ1) is 52.3. The maximum absolute atomic E-state index is 8.62. The van der Waals surface area contributed by atoms with Gasteiger partial charge in [-0.25, -0.2) is 0 Å². The van der Waals surface area contributed by atoms with E-state index in [1.54, 1.807) is 0 Å². The third kappa shape index (κ3) is 1160. The SMILES string of the molecule is [Ba+2].[O]=[Ta](=[O])[O-].[O]=[Ta](=[O])[O-].[O]=[Ta](=[O])[O-].[O]=[Ta](=[O])[O-].[O]=[Ta](=[O])[O-].[O]=[Ta](=[O])[O-].[Zr+4]. The van der Waals surface area contributed by atoms with Gasteiger partial charge < -0.3 is 0 Å². The molecule has 0 aromatic carbocycles.